The molecule has 9 heteroatoms. The molecular weight excluding hydrogens is 356 g/mol. The summed E-state index contributed by atoms with van der Waals surface area (Å²) in [6, 6.07) is 5.99. The van der Waals surface area contributed by atoms with Gasteiger partial charge in [-0.15, -0.1) is 0 Å². The maximum Gasteiger partial charge on any atom is 0.240 e. The maximum absolute atomic E-state index is 12.1. The van der Waals surface area contributed by atoms with Gasteiger partial charge in [0.1, 0.15) is 0 Å². The van der Waals surface area contributed by atoms with Gasteiger partial charge in [-0.25, -0.2) is 13.1 Å². The molecule has 0 bridgehead atoms. The van der Waals surface area contributed by atoms with Gasteiger partial charge in [-0.1, -0.05) is 6.07 Å². The highest BCUT2D eigenvalue weighted by Crippen LogP contribution is 2.16. The highest BCUT2D eigenvalue weighted by Gasteiger charge is 2.14. The van der Waals surface area contributed by atoms with Crippen molar-refractivity contribution in [2.45, 2.75) is 38.0 Å². The Balaban J connectivity index is 2.57. The smallest absolute Gasteiger partial charge is 0.240 e. The van der Waals surface area contributed by atoms with Crippen LogP contribution in [0.2, 0.25) is 0 Å². The molecule has 0 heterocycles. The number of amides is 2. The first kappa shape index (κ1) is 22.1. The molecule has 26 heavy (non-hydrogen) atoms. The Kier molecular flexibility index (Phi) is 9.25. The van der Waals surface area contributed by atoms with Crippen molar-refractivity contribution < 1.29 is 18.0 Å². The molecule has 1 aromatic carbocycles. The Morgan fingerprint density at radius 3 is 2.46 bits per heavy atom. The predicted octanol–water partition coefficient (Wildman–Crippen LogP) is 0.901. The maximum atomic E-state index is 12.1. The monoisotopic (exact) mass is 384 g/mol. The van der Waals surface area contributed by atoms with E-state index in [2.05, 4.69) is 10.0 Å². The quantitative estimate of drug-likeness (QED) is 0.523. The second-order valence-electron chi connectivity index (χ2n) is 5.68. The first-order chi connectivity index (χ1) is 12.3. The summed E-state index contributed by atoms with van der Waals surface area (Å²) in [4.78, 5) is 25.7. The van der Waals surface area contributed by atoms with Crippen molar-refractivity contribution in [1.29, 1.82) is 0 Å². The van der Waals surface area contributed by atoms with E-state index in [0.29, 0.717) is 31.6 Å². The van der Waals surface area contributed by atoms with E-state index < -0.39 is 10.0 Å². The molecule has 0 radical (unpaired) electrons. The fraction of sp³-hybridized carbons (Fsp3) is 0.529. The van der Waals surface area contributed by atoms with Crippen molar-refractivity contribution in [1.82, 2.24) is 9.62 Å². The van der Waals surface area contributed by atoms with Crippen LogP contribution in [0.25, 0.3) is 0 Å². The second-order valence-corrected chi connectivity index (χ2v) is 7.45. The summed E-state index contributed by atoms with van der Waals surface area (Å²) in [5.74, 6) is -0.233. The lowest BCUT2D eigenvalue weighted by Crippen LogP contribution is -2.30. The highest BCUT2D eigenvalue weighted by atomic mass is 32.2. The van der Waals surface area contributed by atoms with Crippen LogP contribution >= 0.6 is 0 Å². The van der Waals surface area contributed by atoms with Gasteiger partial charge in [0, 0.05) is 44.7 Å². The summed E-state index contributed by atoms with van der Waals surface area (Å²) in [6.07, 6.45) is 0.944. The van der Waals surface area contributed by atoms with Gasteiger partial charge in [0.05, 0.1) is 4.90 Å². The van der Waals surface area contributed by atoms with Crippen molar-refractivity contribution in [2.75, 3.05) is 31.5 Å². The van der Waals surface area contributed by atoms with Gasteiger partial charge in [0.2, 0.25) is 21.8 Å². The van der Waals surface area contributed by atoms with E-state index in [0.717, 1.165) is 0 Å². The Morgan fingerprint density at radius 2 is 1.85 bits per heavy atom. The predicted molar refractivity (Wildman–Crippen MR) is 101 cm³/mol. The largest absolute Gasteiger partial charge is 0.343 e. The normalized spacial score (nSPS) is 11.2. The summed E-state index contributed by atoms with van der Waals surface area (Å²) >= 11 is 0. The van der Waals surface area contributed by atoms with Gasteiger partial charge in [-0.05, 0) is 38.5 Å². The van der Waals surface area contributed by atoms with E-state index in [-0.39, 0.29) is 36.2 Å². The molecule has 0 aliphatic carbocycles. The zero-order valence-corrected chi connectivity index (χ0v) is 16.1. The lowest BCUT2D eigenvalue weighted by molar-refractivity contribution is -0.131. The number of rotatable bonds is 11. The van der Waals surface area contributed by atoms with Crippen LogP contribution in [0.15, 0.2) is 29.2 Å². The molecule has 1 rings (SSSR count). The summed E-state index contributed by atoms with van der Waals surface area (Å²) in [7, 11) is -3.66. The number of benzene rings is 1. The molecule has 0 spiro atoms. The van der Waals surface area contributed by atoms with Gasteiger partial charge in [0.25, 0.3) is 0 Å². The number of nitrogens with one attached hydrogen (secondary N) is 2. The molecule has 0 aliphatic heterocycles. The fourth-order valence-corrected chi connectivity index (χ4v) is 3.47. The number of nitrogens with zero attached hydrogens (tertiary/aromatic N) is 1. The van der Waals surface area contributed by atoms with Gasteiger partial charge in [-0.3, -0.25) is 9.59 Å². The third-order valence-corrected chi connectivity index (χ3v) is 5.23. The van der Waals surface area contributed by atoms with Crippen LogP contribution in [0.5, 0.6) is 0 Å². The van der Waals surface area contributed by atoms with Crippen molar-refractivity contribution in [3.63, 3.8) is 0 Å². The van der Waals surface area contributed by atoms with E-state index in [1.807, 2.05) is 13.8 Å². The number of carbonyl (C=O) groups excluding carboxylic acids is 2. The minimum absolute atomic E-state index is 0.0295. The van der Waals surface area contributed by atoms with E-state index in [1.54, 1.807) is 17.0 Å². The fourth-order valence-electron chi connectivity index (χ4n) is 2.38. The highest BCUT2D eigenvalue weighted by molar-refractivity contribution is 7.89. The number of hydrogen-bond donors (Lipinski definition) is 3. The summed E-state index contributed by atoms with van der Waals surface area (Å²) in [5, 5.41) is 2.66. The molecule has 0 aliphatic rings. The van der Waals surface area contributed by atoms with Crippen LogP contribution in [-0.4, -0.2) is 51.3 Å². The zero-order valence-electron chi connectivity index (χ0n) is 15.3. The van der Waals surface area contributed by atoms with Crippen LogP contribution < -0.4 is 15.8 Å². The molecule has 0 fully saturated rings. The van der Waals surface area contributed by atoms with Crippen molar-refractivity contribution in [3.05, 3.63) is 24.3 Å². The average molecular weight is 385 g/mol. The number of nitrogens with two attached hydrogens (primary N) is 1. The molecule has 0 saturated carbocycles. The number of anilines is 1. The Morgan fingerprint density at radius 1 is 1.15 bits per heavy atom. The van der Waals surface area contributed by atoms with Crippen LogP contribution in [0.4, 0.5) is 5.69 Å². The Hall–Kier alpha value is -1.97. The topological polar surface area (TPSA) is 122 Å². The van der Waals surface area contributed by atoms with Crippen LogP contribution in [-0.2, 0) is 19.6 Å². The molecule has 4 N–H and O–H groups in total. The van der Waals surface area contributed by atoms with E-state index in [1.165, 1.54) is 12.1 Å². The molecule has 1 aromatic rings. The molecule has 0 aromatic heterocycles. The summed E-state index contributed by atoms with van der Waals surface area (Å²) in [5.41, 5.74) is 5.69. The van der Waals surface area contributed by atoms with Crippen molar-refractivity contribution in [2.24, 2.45) is 5.73 Å². The average Bonchev–Trinajstić information content (AvgIpc) is 2.61. The number of hydrogen-bond acceptors (Lipinski definition) is 5. The molecule has 0 saturated heterocycles. The third kappa shape index (κ3) is 7.11. The summed E-state index contributed by atoms with van der Waals surface area (Å²) in [6.45, 7) is 5.47. The van der Waals surface area contributed by atoms with E-state index in [4.69, 9.17) is 5.73 Å². The standard InChI is InChI=1S/C17H28N4O4S/c1-3-21(4-2)17(23)10-6-9-16(22)20-14-7-5-8-15(13-14)26(24,25)19-12-11-18/h5,7-8,13,19H,3-4,6,9-12,18H2,1-2H3,(H,20,22). The molecule has 0 atom stereocenters. The lowest BCUT2D eigenvalue weighted by atomic mass is 10.2. The first-order valence-corrected chi connectivity index (χ1v) is 10.2. The summed E-state index contributed by atoms with van der Waals surface area (Å²) < 4.78 is 26.5. The minimum atomic E-state index is -3.66. The van der Waals surface area contributed by atoms with E-state index in [9.17, 15) is 18.0 Å². The first-order valence-electron chi connectivity index (χ1n) is 8.71. The van der Waals surface area contributed by atoms with Gasteiger partial charge in [-0.2, -0.15) is 0 Å². The van der Waals surface area contributed by atoms with Crippen LogP contribution in [0, 0.1) is 0 Å². The van der Waals surface area contributed by atoms with Crippen LogP contribution in [0.3, 0.4) is 0 Å². The minimum Gasteiger partial charge on any atom is -0.343 e. The second kappa shape index (κ2) is 10.9. The van der Waals surface area contributed by atoms with Crippen molar-refractivity contribution in [3.8, 4) is 0 Å². The SMILES string of the molecule is CCN(CC)C(=O)CCCC(=O)Nc1cccc(S(=O)(=O)NCCN)c1. The third-order valence-electron chi connectivity index (χ3n) is 3.78. The molecule has 8 nitrogen and oxygen atoms in total. The van der Waals surface area contributed by atoms with E-state index >= 15 is 0 Å². The zero-order chi connectivity index (χ0) is 19.6. The van der Waals surface area contributed by atoms with Crippen LogP contribution in [0.1, 0.15) is 33.1 Å². The Labute approximate surface area is 155 Å². The molecule has 2 amide bonds. The molecule has 0 unspecified atom stereocenters. The molecule has 146 valence electrons. The van der Waals surface area contributed by atoms with Gasteiger partial charge in [0.15, 0.2) is 0 Å². The van der Waals surface area contributed by atoms with Gasteiger partial charge >= 0.3 is 0 Å². The number of sulfonamides is 1. The van der Waals surface area contributed by atoms with Gasteiger partial charge < -0.3 is 16.0 Å². The Bertz CT molecular complexity index is 702. The van der Waals surface area contributed by atoms with Crippen molar-refractivity contribution >= 4 is 27.5 Å². The number of carbonyl (C=O) groups is 2. The molecular formula is C17H28N4O4S. The lowest BCUT2D eigenvalue weighted by Gasteiger charge is -2.18.